The molecule has 0 saturated heterocycles. The van der Waals surface area contributed by atoms with E-state index >= 15 is 0 Å². The van der Waals surface area contributed by atoms with Crippen LogP contribution in [0.5, 0.6) is 0 Å². The van der Waals surface area contributed by atoms with Crippen LogP contribution in [0.25, 0.3) is 0 Å². The minimum absolute atomic E-state index is 0.0102. The Hall–Kier alpha value is -1.17. The van der Waals surface area contributed by atoms with Crippen LogP contribution in [0.2, 0.25) is 0 Å². The lowest BCUT2D eigenvalue weighted by molar-refractivity contribution is -0.289. The normalized spacial score (nSPS) is 24.8. The molecular formula is C11H10F5N. The molecule has 0 aliphatic heterocycles. The first-order valence-corrected chi connectivity index (χ1v) is 5.04. The summed E-state index contributed by atoms with van der Waals surface area (Å²) in [6, 6.07) is 4.18. The summed E-state index contributed by atoms with van der Waals surface area (Å²) in [6.07, 6.45) is -4.82. The van der Waals surface area contributed by atoms with Gasteiger partial charge in [-0.25, -0.2) is 0 Å². The minimum Gasteiger partial charge on any atom is -0.327 e. The Balaban J connectivity index is 2.23. The molecule has 94 valence electrons. The summed E-state index contributed by atoms with van der Waals surface area (Å²) >= 11 is 0. The van der Waals surface area contributed by atoms with Crippen molar-refractivity contribution in [1.82, 2.24) is 0 Å². The van der Waals surface area contributed by atoms with E-state index in [0.717, 1.165) is 18.6 Å². The summed E-state index contributed by atoms with van der Waals surface area (Å²) in [7, 11) is 0. The summed E-state index contributed by atoms with van der Waals surface area (Å²) in [4.78, 5) is 0. The monoisotopic (exact) mass is 251 g/mol. The molecule has 1 fully saturated rings. The number of hydrogen-bond acceptors (Lipinski definition) is 1. The molecule has 2 unspecified atom stereocenters. The first-order chi connectivity index (χ1) is 7.73. The van der Waals surface area contributed by atoms with Gasteiger partial charge in [0.25, 0.3) is 0 Å². The zero-order valence-electron chi connectivity index (χ0n) is 8.64. The summed E-state index contributed by atoms with van der Waals surface area (Å²) < 4.78 is 62.1. The fourth-order valence-corrected chi connectivity index (χ4v) is 1.70. The quantitative estimate of drug-likeness (QED) is 0.803. The summed E-state index contributed by atoms with van der Waals surface area (Å²) in [6.45, 7) is 0. The third-order valence-corrected chi connectivity index (χ3v) is 2.90. The maximum Gasteiger partial charge on any atom is 0.458 e. The Bertz CT molecular complexity index is 409. The van der Waals surface area contributed by atoms with Crippen LogP contribution in [0.1, 0.15) is 23.5 Å². The molecule has 0 amide bonds. The maximum absolute atomic E-state index is 12.9. The van der Waals surface area contributed by atoms with Crippen LogP contribution in [0.3, 0.4) is 0 Å². The van der Waals surface area contributed by atoms with Crippen molar-refractivity contribution in [3.8, 4) is 0 Å². The molecule has 1 saturated carbocycles. The molecule has 1 nitrogen and oxygen atoms in total. The Morgan fingerprint density at radius 2 is 1.47 bits per heavy atom. The van der Waals surface area contributed by atoms with Gasteiger partial charge in [0.1, 0.15) is 0 Å². The highest BCUT2D eigenvalue weighted by molar-refractivity contribution is 5.33. The fraction of sp³-hybridized carbons (Fsp3) is 0.455. The van der Waals surface area contributed by atoms with Crippen molar-refractivity contribution in [3.05, 3.63) is 35.4 Å². The molecule has 1 aromatic rings. The molecule has 0 spiro atoms. The van der Waals surface area contributed by atoms with Crippen LogP contribution >= 0.6 is 0 Å². The Kier molecular flexibility index (Phi) is 2.65. The van der Waals surface area contributed by atoms with E-state index in [2.05, 4.69) is 0 Å². The standard InChI is InChI=1S/C11H10F5N/c12-10(13,11(14,15)16)7-3-1-6(2-4-7)8-5-9(8)17/h1-4,8-9H,5,17H2. The van der Waals surface area contributed by atoms with Gasteiger partial charge >= 0.3 is 12.1 Å². The lowest BCUT2D eigenvalue weighted by Crippen LogP contribution is -2.33. The predicted octanol–water partition coefficient (Wildman–Crippen LogP) is 3.16. The second-order valence-electron chi connectivity index (χ2n) is 4.20. The summed E-state index contributed by atoms with van der Waals surface area (Å²) in [5, 5.41) is 0. The van der Waals surface area contributed by atoms with Crippen LogP contribution in [0.4, 0.5) is 22.0 Å². The highest BCUT2D eigenvalue weighted by atomic mass is 19.4. The van der Waals surface area contributed by atoms with Crippen LogP contribution < -0.4 is 5.73 Å². The van der Waals surface area contributed by atoms with Crippen LogP contribution in [0.15, 0.2) is 24.3 Å². The van der Waals surface area contributed by atoms with Crippen LogP contribution in [-0.4, -0.2) is 12.2 Å². The number of hydrogen-bond donors (Lipinski definition) is 1. The van der Waals surface area contributed by atoms with E-state index in [0.29, 0.717) is 5.56 Å². The van der Waals surface area contributed by atoms with Gasteiger partial charge in [0.2, 0.25) is 0 Å². The topological polar surface area (TPSA) is 26.0 Å². The van der Waals surface area contributed by atoms with Gasteiger partial charge in [-0.2, -0.15) is 22.0 Å². The molecule has 0 aromatic heterocycles. The Labute approximate surface area is 94.4 Å². The molecule has 1 aliphatic carbocycles. The summed E-state index contributed by atoms with van der Waals surface area (Å²) in [5.74, 6) is -4.72. The molecular weight excluding hydrogens is 241 g/mol. The van der Waals surface area contributed by atoms with Gasteiger partial charge in [0.15, 0.2) is 0 Å². The number of nitrogens with two attached hydrogens (primary N) is 1. The number of alkyl halides is 5. The second kappa shape index (κ2) is 3.66. The molecule has 17 heavy (non-hydrogen) atoms. The van der Waals surface area contributed by atoms with Crippen molar-refractivity contribution in [2.75, 3.05) is 0 Å². The van der Waals surface area contributed by atoms with Crippen molar-refractivity contribution >= 4 is 0 Å². The number of rotatable bonds is 2. The van der Waals surface area contributed by atoms with Gasteiger partial charge in [-0.3, -0.25) is 0 Å². The van der Waals surface area contributed by atoms with Gasteiger partial charge in [0.05, 0.1) is 0 Å². The lowest BCUT2D eigenvalue weighted by atomic mass is 10.0. The first kappa shape index (κ1) is 12.3. The SMILES string of the molecule is NC1CC1c1ccc(C(F)(F)C(F)(F)F)cc1. The largest absolute Gasteiger partial charge is 0.458 e. The molecule has 6 heteroatoms. The molecule has 2 atom stereocenters. The van der Waals surface area contributed by atoms with Crippen molar-refractivity contribution in [3.63, 3.8) is 0 Å². The van der Waals surface area contributed by atoms with Crippen molar-refractivity contribution < 1.29 is 22.0 Å². The van der Waals surface area contributed by atoms with E-state index in [1.54, 1.807) is 0 Å². The van der Waals surface area contributed by atoms with E-state index in [4.69, 9.17) is 5.73 Å². The molecule has 0 bridgehead atoms. The maximum atomic E-state index is 12.9. The zero-order valence-corrected chi connectivity index (χ0v) is 8.64. The molecule has 0 heterocycles. The third-order valence-electron chi connectivity index (χ3n) is 2.90. The minimum atomic E-state index is -5.56. The van der Waals surface area contributed by atoms with Gasteiger partial charge < -0.3 is 5.73 Å². The average Bonchev–Trinajstić information content (AvgIpc) is 2.94. The lowest BCUT2D eigenvalue weighted by Gasteiger charge is -2.19. The van der Waals surface area contributed by atoms with Crippen molar-refractivity contribution in [2.24, 2.45) is 5.73 Å². The predicted molar refractivity (Wildman–Crippen MR) is 51.7 cm³/mol. The van der Waals surface area contributed by atoms with Gasteiger partial charge in [-0.15, -0.1) is 0 Å². The van der Waals surface area contributed by atoms with Gasteiger partial charge in [0, 0.05) is 17.5 Å². The van der Waals surface area contributed by atoms with E-state index < -0.39 is 17.7 Å². The van der Waals surface area contributed by atoms with Gasteiger partial charge in [-0.1, -0.05) is 24.3 Å². The average molecular weight is 251 g/mol. The molecule has 1 aliphatic rings. The third kappa shape index (κ3) is 2.13. The molecule has 1 aromatic carbocycles. The van der Waals surface area contributed by atoms with E-state index in [-0.39, 0.29) is 12.0 Å². The molecule has 0 radical (unpaired) electrons. The smallest absolute Gasteiger partial charge is 0.327 e. The number of halogens is 5. The fourth-order valence-electron chi connectivity index (χ4n) is 1.70. The van der Waals surface area contributed by atoms with Crippen molar-refractivity contribution in [2.45, 2.75) is 30.5 Å². The van der Waals surface area contributed by atoms with E-state index in [9.17, 15) is 22.0 Å². The summed E-state index contributed by atoms with van der Waals surface area (Å²) in [5.41, 5.74) is 5.23. The second-order valence-corrected chi connectivity index (χ2v) is 4.20. The van der Waals surface area contributed by atoms with Gasteiger partial charge in [-0.05, 0) is 12.0 Å². The first-order valence-electron chi connectivity index (χ1n) is 5.04. The van der Waals surface area contributed by atoms with Crippen molar-refractivity contribution in [1.29, 1.82) is 0 Å². The number of benzene rings is 1. The highest BCUT2D eigenvalue weighted by Crippen LogP contribution is 2.45. The molecule has 2 rings (SSSR count). The Morgan fingerprint density at radius 3 is 1.82 bits per heavy atom. The van der Waals surface area contributed by atoms with Crippen LogP contribution in [0, 0.1) is 0 Å². The molecule has 2 N–H and O–H groups in total. The van der Waals surface area contributed by atoms with E-state index in [1.165, 1.54) is 12.1 Å². The zero-order chi connectivity index (χ0) is 12.8. The highest BCUT2D eigenvalue weighted by Gasteiger charge is 2.58. The Morgan fingerprint density at radius 1 is 1.00 bits per heavy atom. The van der Waals surface area contributed by atoms with E-state index in [1.807, 2.05) is 0 Å². The van der Waals surface area contributed by atoms with Crippen LogP contribution in [-0.2, 0) is 5.92 Å².